The first kappa shape index (κ1) is 20.6. The Bertz CT molecular complexity index is 727. The van der Waals surface area contributed by atoms with E-state index in [2.05, 4.69) is 17.6 Å². The van der Waals surface area contributed by atoms with Crippen LogP contribution in [0.1, 0.15) is 39.7 Å². The minimum absolute atomic E-state index is 0.0181. The van der Waals surface area contributed by atoms with Crippen molar-refractivity contribution in [3.05, 3.63) is 48.0 Å². The standard InChI is InChI=1S/C22H30N2O3/c1-5-13-27-20-12-7-17(14-21(20)26-6-2)15-23-18-8-10-19(11-9-18)24-22(25)16(3)4/h7-12,14,16,23H,5-6,13,15H2,1-4H3,(H,24,25). The number of rotatable bonds is 10. The fourth-order valence-electron chi connectivity index (χ4n) is 2.42. The molecule has 2 rings (SSSR count). The second-order valence-electron chi connectivity index (χ2n) is 6.64. The molecule has 0 atom stereocenters. The van der Waals surface area contributed by atoms with Crippen LogP contribution in [-0.4, -0.2) is 19.1 Å². The second-order valence-corrected chi connectivity index (χ2v) is 6.64. The molecule has 146 valence electrons. The van der Waals surface area contributed by atoms with Crippen molar-refractivity contribution in [3.8, 4) is 11.5 Å². The van der Waals surface area contributed by atoms with E-state index in [-0.39, 0.29) is 11.8 Å². The molecule has 2 aromatic rings. The minimum Gasteiger partial charge on any atom is -0.490 e. The molecule has 0 radical (unpaired) electrons. The molecule has 0 fully saturated rings. The summed E-state index contributed by atoms with van der Waals surface area (Å²) in [4.78, 5) is 11.7. The Morgan fingerprint density at radius 1 is 0.963 bits per heavy atom. The first-order valence-corrected chi connectivity index (χ1v) is 9.56. The van der Waals surface area contributed by atoms with Crippen molar-refractivity contribution >= 4 is 17.3 Å². The molecule has 0 aliphatic carbocycles. The molecule has 2 aromatic carbocycles. The number of nitrogens with one attached hydrogen (secondary N) is 2. The van der Waals surface area contributed by atoms with Crippen molar-refractivity contribution in [2.75, 3.05) is 23.8 Å². The maximum atomic E-state index is 11.7. The average Bonchev–Trinajstić information content (AvgIpc) is 2.67. The average molecular weight is 370 g/mol. The van der Waals surface area contributed by atoms with Crippen LogP contribution in [0.5, 0.6) is 11.5 Å². The highest BCUT2D eigenvalue weighted by atomic mass is 16.5. The fraction of sp³-hybridized carbons (Fsp3) is 0.409. The molecule has 5 nitrogen and oxygen atoms in total. The highest BCUT2D eigenvalue weighted by Crippen LogP contribution is 2.29. The van der Waals surface area contributed by atoms with E-state index in [9.17, 15) is 4.79 Å². The summed E-state index contributed by atoms with van der Waals surface area (Å²) >= 11 is 0. The number of carbonyl (C=O) groups excluding carboxylic acids is 1. The molecule has 0 aliphatic heterocycles. The van der Waals surface area contributed by atoms with Gasteiger partial charge in [-0.05, 0) is 55.3 Å². The van der Waals surface area contributed by atoms with Crippen molar-refractivity contribution in [1.82, 2.24) is 0 Å². The minimum atomic E-state index is -0.0355. The largest absolute Gasteiger partial charge is 0.490 e. The first-order chi connectivity index (χ1) is 13.0. The summed E-state index contributed by atoms with van der Waals surface area (Å²) in [6.07, 6.45) is 0.961. The highest BCUT2D eigenvalue weighted by molar-refractivity contribution is 5.92. The van der Waals surface area contributed by atoms with Crippen LogP contribution in [0.4, 0.5) is 11.4 Å². The summed E-state index contributed by atoms with van der Waals surface area (Å²) in [7, 11) is 0. The molecule has 27 heavy (non-hydrogen) atoms. The number of carbonyl (C=O) groups is 1. The highest BCUT2D eigenvalue weighted by Gasteiger charge is 2.08. The van der Waals surface area contributed by atoms with Gasteiger partial charge in [-0.15, -0.1) is 0 Å². The summed E-state index contributed by atoms with van der Waals surface area (Å²) in [5.41, 5.74) is 2.90. The van der Waals surface area contributed by atoms with E-state index in [0.29, 0.717) is 19.8 Å². The van der Waals surface area contributed by atoms with Gasteiger partial charge in [0.1, 0.15) is 0 Å². The number of anilines is 2. The van der Waals surface area contributed by atoms with E-state index in [1.165, 1.54) is 0 Å². The van der Waals surface area contributed by atoms with Gasteiger partial charge >= 0.3 is 0 Å². The summed E-state index contributed by atoms with van der Waals surface area (Å²) in [6, 6.07) is 13.7. The molecule has 2 N–H and O–H groups in total. The molecule has 0 unspecified atom stereocenters. The van der Waals surface area contributed by atoms with Crippen LogP contribution in [0.2, 0.25) is 0 Å². The zero-order valence-electron chi connectivity index (χ0n) is 16.7. The summed E-state index contributed by atoms with van der Waals surface area (Å²) < 4.78 is 11.4. The first-order valence-electron chi connectivity index (χ1n) is 9.56. The zero-order chi connectivity index (χ0) is 19.6. The van der Waals surface area contributed by atoms with E-state index in [4.69, 9.17) is 9.47 Å². The Morgan fingerprint density at radius 3 is 2.30 bits per heavy atom. The van der Waals surface area contributed by atoms with Gasteiger partial charge < -0.3 is 20.1 Å². The van der Waals surface area contributed by atoms with Gasteiger partial charge in [0, 0.05) is 23.8 Å². The Hall–Kier alpha value is -2.69. The van der Waals surface area contributed by atoms with E-state index in [1.807, 2.05) is 63.2 Å². The zero-order valence-corrected chi connectivity index (χ0v) is 16.7. The molecule has 0 saturated carbocycles. The Kier molecular flexibility index (Phi) is 7.99. The molecule has 0 saturated heterocycles. The number of hydrogen-bond donors (Lipinski definition) is 2. The Labute approximate surface area is 162 Å². The molecule has 1 amide bonds. The molecule has 0 aromatic heterocycles. The lowest BCUT2D eigenvalue weighted by Gasteiger charge is -2.14. The lowest BCUT2D eigenvalue weighted by molar-refractivity contribution is -0.118. The van der Waals surface area contributed by atoms with E-state index in [1.54, 1.807) is 0 Å². The van der Waals surface area contributed by atoms with E-state index >= 15 is 0 Å². The quantitative estimate of drug-likeness (QED) is 0.612. The van der Waals surface area contributed by atoms with Crippen LogP contribution >= 0.6 is 0 Å². The van der Waals surface area contributed by atoms with Crippen molar-refractivity contribution < 1.29 is 14.3 Å². The van der Waals surface area contributed by atoms with E-state index in [0.717, 1.165) is 34.9 Å². The number of amides is 1. The smallest absolute Gasteiger partial charge is 0.226 e. The van der Waals surface area contributed by atoms with Gasteiger partial charge in [0.2, 0.25) is 5.91 Å². The fourth-order valence-corrected chi connectivity index (χ4v) is 2.42. The molecule has 0 aliphatic rings. The van der Waals surface area contributed by atoms with Crippen molar-refractivity contribution in [2.45, 2.75) is 40.7 Å². The molecule has 0 bridgehead atoms. The van der Waals surface area contributed by atoms with Gasteiger partial charge in [0.15, 0.2) is 11.5 Å². The van der Waals surface area contributed by atoms with Crippen molar-refractivity contribution in [3.63, 3.8) is 0 Å². The maximum absolute atomic E-state index is 11.7. The van der Waals surface area contributed by atoms with Gasteiger partial charge in [0.25, 0.3) is 0 Å². The monoisotopic (exact) mass is 370 g/mol. The third kappa shape index (κ3) is 6.51. The number of hydrogen-bond acceptors (Lipinski definition) is 4. The number of benzene rings is 2. The molecular formula is C22H30N2O3. The Balaban J connectivity index is 1.97. The Morgan fingerprint density at radius 2 is 1.67 bits per heavy atom. The topological polar surface area (TPSA) is 59.6 Å². The predicted octanol–water partition coefficient (Wildman–Crippen LogP) is 5.08. The predicted molar refractivity (Wildman–Crippen MR) is 111 cm³/mol. The van der Waals surface area contributed by atoms with Gasteiger partial charge in [-0.1, -0.05) is 26.8 Å². The lowest BCUT2D eigenvalue weighted by Crippen LogP contribution is -2.17. The number of ether oxygens (including phenoxy) is 2. The third-order valence-corrected chi connectivity index (χ3v) is 3.94. The van der Waals surface area contributed by atoms with Crippen LogP contribution in [0.25, 0.3) is 0 Å². The summed E-state index contributed by atoms with van der Waals surface area (Å²) in [5.74, 6) is 1.54. The molecule has 5 heteroatoms. The van der Waals surface area contributed by atoms with Gasteiger partial charge in [0.05, 0.1) is 13.2 Å². The molecular weight excluding hydrogens is 340 g/mol. The molecule has 0 spiro atoms. The van der Waals surface area contributed by atoms with Crippen LogP contribution in [0.15, 0.2) is 42.5 Å². The van der Waals surface area contributed by atoms with Crippen LogP contribution in [0, 0.1) is 5.92 Å². The SMILES string of the molecule is CCCOc1ccc(CNc2ccc(NC(=O)C(C)C)cc2)cc1OCC. The summed E-state index contributed by atoms with van der Waals surface area (Å²) in [5, 5.41) is 6.28. The second kappa shape index (κ2) is 10.5. The lowest BCUT2D eigenvalue weighted by atomic mass is 10.2. The maximum Gasteiger partial charge on any atom is 0.226 e. The van der Waals surface area contributed by atoms with Gasteiger partial charge in [-0.2, -0.15) is 0 Å². The van der Waals surface area contributed by atoms with Crippen LogP contribution < -0.4 is 20.1 Å². The van der Waals surface area contributed by atoms with Crippen LogP contribution in [-0.2, 0) is 11.3 Å². The molecule has 0 heterocycles. The summed E-state index contributed by atoms with van der Waals surface area (Å²) in [6.45, 7) is 9.75. The van der Waals surface area contributed by atoms with Gasteiger partial charge in [-0.25, -0.2) is 0 Å². The van der Waals surface area contributed by atoms with Crippen LogP contribution in [0.3, 0.4) is 0 Å². The van der Waals surface area contributed by atoms with Gasteiger partial charge in [-0.3, -0.25) is 4.79 Å². The van der Waals surface area contributed by atoms with Crippen molar-refractivity contribution in [2.24, 2.45) is 5.92 Å². The van der Waals surface area contributed by atoms with E-state index < -0.39 is 0 Å². The van der Waals surface area contributed by atoms with Crippen molar-refractivity contribution in [1.29, 1.82) is 0 Å². The normalized spacial score (nSPS) is 10.6. The third-order valence-electron chi connectivity index (χ3n) is 3.94.